The molecule has 0 heterocycles. The van der Waals surface area contributed by atoms with Crippen molar-refractivity contribution in [3.63, 3.8) is 0 Å². The molecular weight excluding hydrogens is 420 g/mol. The van der Waals surface area contributed by atoms with Gasteiger partial charge < -0.3 is 10.2 Å². The molecule has 170 valence electrons. The van der Waals surface area contributed by atoms with Gasteiger partial charge in [-0.25, -0.2) is 0 Å². The molecule has 0 bridgehead atoms. The molecule has 0 fully saturated rings. The second-order valence-electron chi connectivity index (χ2n) is 8.29. The average molecular weight is 449 g/mol. The molecule has 0 aliphatic rings. The summed E-state index contributed by atoms with van der Waals surface area (Å²) in [6, 6.07) is 36.7. The minimum Gasteiger partial charge on any atom is -0.349 e. The molecule has 1 unspecified atom stereocenters. The Morgan fingerprint density at radius 1 is 0.735 bits per heavy atom. The molecule has 0 saturated carbocycles. The van der Waals surface area contributed by atoms with Crippen molar-refractivity contribution in [2.24, 2.45) is 0 Å². The zero-order chi connectivity index (χ0) is 23.8. The van der Waals surface area contributed by atoms with E-state index in [1.165, 1.54) is 0 Å². The highest BCUT2D eigenvalue weighted by Crippen LogP contribution is 2.22. The third-order valence-electron chi connectivity index (χ3n) is 5.71. The van der Waals surface area contributed by atoms with Crippen LogP contribution < -0.4 is 10.2 Å². The molecule has 4 heteroatoms. The van der Waals surface area contributed by atoms with Gasteiger partial charge in [0, 0.05) is 11.3 Å². The van der Waals surface area contributed by atoms with Gasteiger partial charge in [0.05, 0.1) is 19.0 Å². The SMILES string of the molecule is CC(NC(=O)Cc1cccc(N(Cc2ccccc2)C(=O)c2ccccc2)c1)c1ccccc1. The first-order valence-electron chi connectivity index (χ1n) is 11.4. The molecule has 0 aliphatic carbocycles. The van der Waals surface area contributed by atoms with Crippen molar-refractivity contribution in [2.75, 3.05) is 4.90 Å². The zero-order valence-electron chi connectivity index (χ0n) is 19.2. The van der Waals surface area contributed by atoms with Crippen molar-refractivity contribution in [1.82, 2.24) is 5.32 Å². The largest absolute Gasteiger partial charge is 0.349 e. The van der Waals surface area contributed by atoms with E-state index < -0.39 is 0 Å². The number of benzene rings is 4. The van der Waals surface area contributed by atoms with E-state index in [0.29, 0.717) is 12.1 Å². The summed E-state index contributed by atoms with van der Waals surface area (Å²) in [7, 11) is 0. The molecule has 0 aliphatic heterocycles. The van der Waals surface area contributed by atoms with Crippen LogP contribution in [-0.2, 0) is 17.8 Å². The fourth-order valence-corrected chi connectivity index (χ4v) is 3.92. The number of anilines is 1. The summed E-state index contributed by atoms with van der Waals surface area (Å²) in [6.45, 7) is 2.42. The Balaban J connectivity index is 1.54. The third kappa shape index (κ3) is 5.99. The summed E-state index contributed by atoms with van der Waals surface area (Å²) in [5.74, 6) is -0.138. The van der Waals surface area contributed by atoms with E-state index in [2.05, 4.69) is 5.32 Å². The van der Waals surface area contributed by atoms with Gasteiger partial charge in [-0.2, -0.15) is 0 Å². The highest BCUT2D eigenvalue weighted by atomic mass is 16.2. The van der Waals surface area contributed by atoms with E-state index in [9.17, 15) is 9.59 Å². The smallest absolute Gasteiger partial charge is 0.258 e. The van der Waals surface area contributed by atoms with Crippen LogP contribution in [0.1, 0.15) is 40.0 Å². The van der Waals surface area contributed by atoms with Gasteiger partial charge >= 0.3 is 0 Å². The summed E-state index contributed by atoms with van der Waals surface area (Å²) in [4.78, 5) is 27.9. The predicted octanol–water partition coefficient (Wildman–Crippen LogP) is 5.95. The first-order valence-corrected chi connectivity index (χ1v) is 11.4. The molecule has 1 atom stereocenters. The minimum atomic E-state index is -0.0799. The van der Waals surface area contributed by atoms with Crippen LogP contribution in [0.2, 0.25) is 0 Å². The molecule has 4 nitrogen and oxygen atoms in total. The van der Waals surface area contributed by atoms with Crippen molar-refractivity contribution < 1.29 is 9.59 Å². The molecule has 1 N–H and O–H groups in total. The molecule has 4 rings (SSSR count). The fourth-order valence-electron chi connectivity index (χ4n) is 3.92. The van der Waals surface area contributed by atoms with Crippen LogP contribution in [0, 0.1) is 0 Å². The number of rotatable bonds is 8. The van der Waals surface area contributed by atoms with Gasteiger partial charge in [-0.1, -0.05) is 91.0 Å². The molecular formula is C30H28N2O2. The highest BCUT2D eigenvalue weighted by molar-refractivity contribution is 6.06. The number of hydrogen-bond acceptors (Lipinski definition) is 2. The maximum absolute atomic E-state index is 13.4. The topological polar surface area (TPSA) is 49.4 Å². The predicted molar refractivity (Wildman–Crippen MR) is 137 cm³/mol. The van der Waals surface area contributed by atoms with E-state index >= 15 is 0 Å². The fraction of sp³-hybridized carbons (Fsp3) is 0.133. The van der Waals surface area contributed by atoms with Crippen LogP contribution in [0.3, 0.4) is 0 Å². The minimum absolute atomic E-state index is 0.0579. The van der Waals surface area contributed by atoms with Gasteiger partial charge in [-0.05, 0) is 47.9 Å². The Labute approximate surface area is 200 Å². The monoisotopic (exact) mass is 448 g/mol. The number of carbonyl (C=O) groups excluding carboxylic acids is 2. The Hall–Kier alpha value is -4.18. The number of nitrogens with one attached hydrogen (secondary N) is 1. The van der Waals surface area contributed by atoms with Crippen LogP contribution in [0.5, 0.6) is 0 Å². The lowest BCUT2D eigenvalue weighted by molar-refractivity contribution is -0.121. The quantitative estimate of drug-likeness (QED) is 0.362. The number of hydrogen-bond donors (Lipinski definition) is 1. The van der Waals surface area contributed by atoms with Gasteiger partial charge in [0.25, 0.3) is 5.91 Å². The highest BCUT2D eigenvalue weighted by Gasteiger charge is 2.19. The molecule has 0 aromatic heterocycles. The van der Waals surface area contributed by atoms with Crippen molar-refractivity contribution >= 4 is 17.5 Å². The first kappa shape index (κ1) is 23.0. The van der Waals surface area contributed by atoms with Gasteiger partial charge in [-0.3, -0.25) is 9.59 Å². The number of carbonyl (C=O) groups is 2. The Morgan fingerprint density at radius 2 is 1.32 bits per heavy atom. The standard InChI is InChI=1S/C30H28N2O2/c1-23(26-15-7-3-8-16-26)31-29(33)21-25-14-11-19-28(20-25)32(22-24-12-5-2-6-13-24)30(34)27-17-9-4-10-18-27/h2-20,23H,21-22H2,1H3,(H,31,33). The van der Waals surface area contributed by atoms with Gasteiger partial charge in [0.2, 0.25) is 5.91 Å². The average Bonchev–Trinajstić information content (AvgIpc) is 2.88. The Bertz CT molecular complexity index is 1220. The summed E-state index contributed by atoms with van der Waals surface area (Å²) in [5.41, 5.74) is 4.34. The Morgan fingerprint density at radius 3 is 2.00 bits per heavy atom. The van der Waals surface area contributed by atoms with E-state index in [4.69, 9.17) is 0 Å². The molecule has 0 spiro atoms. The number of nitrogens with zero attached hydrogens (tertiary/aromatic N) is 1. The van der Waals surface area contributed by atoms with E-state index in [1.54, 1.807) is 4.90 Å². The van der Waals surface area contributed by atoms with Crippen molar-refractivity contribution in [2.45, 2.75) is 25.9 Å². The van der Waals surface area contributed by atoms with Crippen LogP contribution in [0.15, 0.2) is 115 Å². The number of amides is 2. The van der Waals surface area contributed by atoms with Gasteiger partial charge in [-0.15, -0.1) is 0 Å². The summed E-state index contributed by atoms with van der Waals surface area (Å²) in [6.07, 6.45) is 0.240. The lowest BCUT2D eigenvalue weighted by atomic mass is 10.1. The normalized spacial score (nSPS) is 11.4. The lowest BCUT2D eigenvalue weighted by Crippen LogP contribution is -2.31. The van der Waals surface area contributed by atoms with Crippen LogP contribution in [0.4, 0.5) is 5.69 Å². The molecule has 0 saturated heterocycles. The second-order valence-corrected chi connectivity index (χ2v) is 8.29. The van der Waals surface area contributed by atoms with Crippen molar-refractivity contribution in [3.8, 4) is 0 Å². The first-order chi connectivity index (χ1) is 16.6. The van der Waals surface area contributed by atoms with E-state index in [-0.39, 0.29) is 24.3 Å². The summed E-state index contributed by atoms with van der Waals surface area (Å²) in [5, 5.41) is 3.06. The molecule has 0 radical (unpaired) electrons. The molecule has 2 amide bonds. The molecule has 4 aromatic rings. The maximum atomic E-state index is 13.4. The van der Waals surface area contributed by atoms with Crippen LogP contribution in [-0.4, -0.2) is 11.8 Å². The Kier molecular flexibility index (Phi) is 7.51. The van der Waals surface area contributed by atoms with Gasteiger partial charge in [0.1, 0.15) is 0 Å². The van der Waals surface area contributed by atoms with E-state index in [0.717, 1.165) is 22.4 Å². The second kappa shape index (κ2) is 11.1. The third-order valence-corrected chi connectivity index (χ3v) is 5.71. The lowest BCUT2D eigenvalue weighted by Gasteiger charge is -2.24. The van der Waals surface area contributed by atoms with E-state index in [1.807, 2.05) is 122 Å². The molecule has 4 aromatic carbocycles. The summed E-state index contributed by atoms with van der Waals surface area (Å²) >= 11 is 0. The van der Waals surface area contributed by atoms with Crippen molar-refractivity contribution in [3.05, 3.63) is 138 Å². The van der Waals surface area contributed by atoms with Gasteiger partial charge in [0.15, 0.2) is 0 Å². The maximum Gasteiger partial charge on any atom is 0.258 e. The van der Waals surface area contributed by atoms with Crippen LogP contribution in [0.25, 0.3) is 0 Å². The van der Waals surface area contributed by atoms with Crippen molar-refractivity contribution in [1.29, 1.82) is 0 Å². The molecule has 34 heavy (non-hydrogen) atoms. The zero-order valence-corrected chi connectivity index (χ0v) is 19.2. The van der Waals surface area contributed by atoms with Crippen LogP contribution >= 0.6 is 0 Å². The summed E-state index contributed by atoms with van der Waals surface area (Å²) < 4.78 is 0.